The van der Waals surface area contributed by atoms with Gasteiger partial charge in [-0.2, -0.15) is 22.9 Å². The minimum atomic E-state index is 0. The number of aromatic nitrogens is 5. The van der Waals surface area contributed by atoms with E-state index in [2.05, 4.69) is 44.2 Å². The third kappa shape index (κ3) is 6.81. The predicted octanol–water partition coefficient (Wildman–Crippen LogP) is 9.09. The summed E-state index contributed by atoms with van der Waals surface area (Å²) in [5, 5.41) is 1.90. The van der Waals surface area contributed by atoms with Crippen molar-refractivity contribution >= 4 is 21.8 Å². The summed E-state index contributed by atoms with van der Waals surface area (Å²) in [7, 11) is 0. The second-order valence-electron chi connectivity index (χ2n) is 10.9. The molecule has 8 rings (SSSR count). The molecule has 0 atom stereocenters. The van der Waals surface area contributed by atoms with Crippen molar-refractivity contribution in [2.45, 2.75) is 13.8 Å². The van der Waals surface area contributed by atoms with Gasteiger partial charge in [0, 0.05) is 47.8 Å². The van der Waals surface area contributed by atoms with Crippen LogP contribution in [0.1, 0.15) is 11.1 Å². The number of rotatable bonds is 7. The number of pyridine rings is 2. The first-order valence-corrected chi connectivity index (χ1v) is 15.1. The van der Waals surface area contributed by atoms with Gasteiger partial charge in [0.2, 0.25) is 5.95 Å². The van der Waals surface area contributed by atoms with Crippen LogP contribution < -0.4 is 9.47 Å². The topological polar surface area (TPSA) is 75.0 Å². The number of aryl methyl sites for hydroxylation is 2. The molecule has 4 aromatic carbocycles. The fourth-order valence-corrected chi connectivity index (χ4v) is 5.56. The smallest absolute Gasteiger partial charge is 0.503 e. The van der Waals surface area contributed by atoms with Gasteiger partial charge in [-0.3, -0.25) is 0 Å². The van der Waals surface area contributed by atoms with Gasteiger partial charge in [-0.05, 0) is 29.6 Å². The Balaban J connectivity index is 0.00000208. The number of hydrogen-bond donors (Lipinski definition) is 0. The molecule has 49 heavy (non-hydrogen) atoms. The average Bonchev–Trinajstić information content (AvgIpc) is 3.44. The van der Waals surface area contributed by atoms with E-state index >= 15 is 0 Å². The van der Waals surface area contributed by atoms with E-state index < -0.39 is 0 Å². The maximum absolute atomic E-state index is 6.31. The second-order valence-corrected chi connectivity index (χ2v) is 10.9. The maximum Gasteiger partial charge on any atom is 2.00 e. The van der Waals surface area contributed by atoms with Crippen LogP contribution in [-0.2, 0) is 40.8 Å². The Morgan fingerprint density at radius 3 is 1.35 bits per heavy atom. The van der Waals surface area contributed by atoms with Gasteiger partial charge in [-0.1, -0.05) is 61.3 Å². The molecular formula is C40H25N5O2Pd2. The summed E-state index contributed by atoms with van der Waals surface area (Å²) in [6, 6.07) is 42.7. The Labute approximate surface area is 311 Å². The van der Waals surface area contributed by atoms with Gasteiger partial charge < -0.3 is 24.0 Å². The van der Waals surface area contributed by atoms with Crippen molar-refractivity contribution < 1.29 is 50.3 Å². The van der Waals surface area contributed by atoms with E-state index in [1.54, 1.807) is 30.9 Å². The van der Waals surface area contributed by atoms with E-state index in [0.29, 0.717) is 28.9 Å². The fraction of sp³-hybridized carbons (Fsp3) is 0.0500. The first-order chi connectivity index (χ1) is 23.1. The van der Waals surface area contributed by atoms with Crippen molar-refractivity contribution in [3.8, 4) is 51.5 Å². The van der Waals surface area contributed by atoms with Crippen molar-refractivity contribution in [2.24, 2.45) is 0 Å². The van der Waals surface area contributed by atoms with Crippen molar-refractivity contribution in [2.75, 3.05) is 0 Å². The summed E-state index contributed by atoms with van der Waals surface area (Å²) >= 11 is 0. The van der Waals surface area contributed by atoms with Gasteiger partial charge in [0.15, 0.2) is 0 Å². The standard InChI is InChI=1S/C40H25N5O2.2Pd/c1-26-10-12-28(22-34(26)36-8-3-5-18-41-36)46-30-14-16-32-33-17-15-31(25-39(33)45(38(32)24-30)40-43-20-7-21-44-40)47-29-13-11-27(2)35(23-29)37-9-4-6-19-42-37;;/h3-21H,1-2H3;;/q-4;2*+2. The Morgan fingerprint density at radius 1 is 0.469 bits per heavy atom. The minimum absolute atomic E-state index is 0. The quantitative estimate of drug-likeness (QED) is 0.118. The summed E-state index contributed by atoms with van der Waals surface area (Å²) in [4.78, 5) is 18.1. The molecule has 0 saturated heterocycles. The Morgan fingerprint density at radius 2 is 0.898 bits per heavy atom. The van der Waals surface area contributed by atoms with Crippen LogP contribution in [0.25, 0.3) is 50.3 Å². The third-order valence-corrected chi connectivity index (χ3v) is 7.82. The monoisotopic (exact) mass is 819 g/mol. The summed E-state index contributed by atoms with van der Waals surface area (Å²) in [5.74, 6) is 2.65. The van der Waals surface area contributed by atoms with Gasteiger partial charge in [-0.25, -0.2) is 9.97 Å². The first kappa shape index (κ1) is 33.9. The largest absolute Gasteiger partial charge is 2.00 e. The molecule has 0 bridgehead atoms. The molecule has 0 N–H and O–H groups in total. The molecule has 0 radical (unpaired) electrons. The molecule has 4 heterocycles. The van der Waals surface area contributed by atoms with Gasteiger partial charge in [-0.15, -0.1) is 70.8 Å². The molecule has 0 unspecified atom stereocenters. The van der Waals surface area contributed by atoms with Crippen molar-refractivity contribution in [3.63, 3.8) is 0 Å². The van der Waals surface area contributed by atoms with E-state index in [1.807, 2.05) is 103 Å². The molecule has 9 heteroatoms. The van der Waals surface area contributed by atoms with Gasteiger partial charge in [0.05, 0.1) is 0 Å². The molecule has 0 aliphatic rings. The normalized spacial score (nSPS) is 10.7. The zero-order chi connectivity index (χ0) is 31.7. The van der Waals surface area contributed by atoms with Gasteiger partial charge in [0.1, 0.15) is 0 Å². The van der Waals surface area contributed by atoms with Crippen LogP contribution in [0.5, 0.6) is 23.0 Å². The van der Waals surface area contributed by atoms with E-state index in [4.69, 9.17) is 9.47 Å². The summed E-state index contributed by atoms with van der Waals surface area (Å²) < 4.78 is 14.5. The summed E-state index contributed by atoms with van der Waals surface area (Å²) in [6.07, 6.45) is 6.96. The van der Waals surface area contributed by atoms with Crippen LogP contribution in [0.2, 0.25) is 0 Å². The Kier molecular flexibility index (Phi) is 10.1. The molecule has 0 aliphatic carbocycles. The minimum Gasteiger partial charge on any atom is -0.503 e. The zero-order valence-corrected chi connectivity index (χ0v) is 29.3. The molecule has 0 fully saturated rings. The molecule has 7 nitrogen and oxygen atoms in total. The number of nitrogens with zero attached hydrogens (tertiary/aromatic N) is 5. The van der Waals surface area contributed by atoms with Crippen LogP contribution in [0, 0.1) is 38.1 Å². The van der Waals surface area contributed by atoms with Gasteiger partial charge in [0.25, 0.3) is 0 Å². The molecular weight excluding hydrogens is 795 g/mol. The molecule has 0 saturated carbocycles. The molecule has 4 aromatic heterocycles. The number of ether oxygens (including phenoxy) is 2. The molecule has 0 aliphatic heterocycles. The summed E-state index contributed by atoms with van der Waals surface area (Å²) in [6.45, 7) is 4.07. The van der Waals surface area contributed by atoms with E-state index in [-0.39, 0.29) is 40.8 Å². The van der Waals surface area contributed by atoms with Crippen molar-refractivity contribution in [1.82, 2.24) is 24.5 Å². The summed E-state index contributed by atoms with van der Waals surface area (Å²) in [5.41, 5.74) is 7.04. The number of fused-ring (bicyclic) bond motifs is 3. The third-order valence-electron chi connectivity index (χ3n) is 7.82. The fourth-order valence-electron chi connectivity index (χ4n) is 5.56. The van der Waals surface area contributed by atoms with Crippen LogP contribution in [0.15, 0.2) is 116 Å². The molecule has 0 spiro atoms. The van der Waals surface area contributed by atoms with Gasteiger partial charge >= 0.3 is 40.8 Å². The van der Waals surface area contributed by atoms with E-state index in [0.717, 1.165) is 55.4 Å². The predicted molar refractivity (Wildman–Crippen MR) is 181 cm³/mol. The molecule has 0 amide bonds. The Bertz CT molecular complexity index is 2240. The van der Waals surface area contributed by atoms with Crippen LogP contribution in [0.3, 0.4) is 0 Å². The SMILES string of the molecule is Cc1ccc(Oc2[c-]c3c(cc2)c2ccc(Oc4[c-]c(-c5ccccn5)c(C)cc4)[c-]c2n3-c2ncccn2)[c-]c1-c1ccccn1.[Pd+2].[Pd+2]. The molecule has 8 aromatic rings. The van der Waals surface area contributed by atoms with E-state index in [1.165, 1.54) is 0 Å². The first-order valence-electron chi connectivity index (χ1n) is 15.1. The van der Waals surface area contributed by atoms with Crippen LogP contribution >= 0.6 is 0 Å². The van der Waals surface area contributed by atoms with E-state index in [9.17, 15) is 0 Å². The van der Waals surface area contributed by atoms with Crippen LogP contribution in [-0.4, -0.2) is 24.5 Å². The van der Waals surface area contributed by atoms with Crippen LogP contribution in [0.4, 0.5) is 0 Å². The average molecular weight is 821 g/mol. The number of benzene rings is 4. The Hall–Kier alpha value is -5.02. The second kappa shape index (κ2) is 14.6. The van der Waals surface area contributed by atoms with Crippen molar-refractivity contribution in [3.05, 3.63) is 151 Å². The maximum atomic E-state index is 6.31. The number of hydrogen-bond acceptors (Lipinski definition) is 6. The van der Waals surface area contributed by atoms with Crippen molar-refractivity contribution in [1.29, 1.82) is 0 Å². The zero-order valence-electron chi connectivity index (χ0n) is 26.2. The molecule has 242 valence electrons.